The lowest BCUT2D eigenvalue weighted by Gasteiger charge is -2.31. The predicted octanol–water partition coefficient (Wildman–Crippen LogP) is 1.48. The number of rotatable bonds is 6. The summed E-state index contributed by atoms with van der Waals surface area (Å²) in [6, 6.07) is 1.99. The van der Waals surface area contributed by atoms with E-state index in [4.69, 9.17) is 9.63 Å². The molecule has 0 spiro atoms. The van der Waals surface area contributed by atoms with Gasteiger partial charge in [0.15, 0.2) is 0 Å². The van der Waals surface area contributed by atoms with E-state index in [9.17, 15) is 4.79 Å². The first-order chi connectivity index (χ1) is 12.1. The second-order valence-electron chi connectivity index (χ2n) is 6.97. The fourth-order valence-electron chi connectivity index (χ4n) is 3.14. The molecule has 2 aromatic heterocycles. The number of aromatic nitrogens is 4. The molecule has 8 heteroatoms. The number of piperidine rings is 1. The van der Waals surface area contributed by atoms with Crippen LogP contribution in [-0.2, 0) is 12.8 Å². The molecule has 8 nitrogen and oxygen atoms in total. The average Bonchev–Trinajstić information content (AvgIpc) is 3.24. The zero-order chi connectivity index (χ0) is 17.8. The molecule has 0 saturated carbocycles. The average molecular weight is 347 g/mol. The first-order valence-electron chi connectivity index (χ1n) is 8.83. The first-order valence-corrected chi connectivity index (χ1v) is 8.83. The molecule has 136 valence electrons. The van der Waals surface area contributed by atoms with Crippen LogP contribution in [0.5, 0.6) is 0 Å². The number of aliphatic hydroxyl groups excluding tert-OH is 1. The minimum atomic E-state index is -0.0967. The lowest BCUT2D eigenvalue weighted by molar-refractivity contribution is 0.0647. The number of likely N-dealkylation sites (tertiary alicyclic amines) is 1. The molecule has 0 aromatic carbocycles. The molecule has 0 unspecified atom stereocenters. The van der Waals surface area contributed by atoms with Gasteiger partial charge < -0.3 is 14.5 Å². The molecule has 1 aliphatic rings. The van der Waals surface area contributed by atoms with Gasteiger partial charge in [-0.2, -0.15) is 0 Å². The van der Waals surface area contributed by atoms with Crippen molar-refractivity contribution in [2.24, 2.45) is 5.92 Å². The molecule has 1 fully saturated rings. The van der Waals surface area contributed by atoms with Gasteiger partial charge in [-0.25, -0.2) is 4.68 Å². The Kier molecular flexibility index (Phi) is 5.47. The largest absolute Gasteiger partial charge is 0.396 e. The third-order valence-electron chi connectivity index (χ3n) is 4.44. The number of aliphatic hydroxyl groups is 1. The molecule has 1 N–H and O–H groups in total. The van der Waals surface area contributed by atoms with Gasteiger partial charge in [0.25, 0.3) is 5.91 Å². The van der Waals surface area contributed by atoms with E-state index in [2.05, 4.69) is 29.3 Å². The van der Waals surface area contributed by atoms with Crippen LogP contribution in [0.25, 0.3) is 0 Å². The van der Waals surface area contributed by atoms with E-state index in [1.54, 1.807) is 6.07 Å². The van der Waals surface area contributed by atoms with Gasteiger partial charge >= 0.3 is 0 Å². The Balaban J connectivity index is 1.56. The summed E-state index contributed by atoms with van der Waals surface area (Å²) < 4.78 is 7.08. The van der Waals surface area contributed by atoms with Gasteiger partial charge in [-0.05, 0) is 25.2 Å². The van der Waals surface area contributed by atoms with Crippen LogP contribution in [0.15, 0.2) is 16.8 Å². The third-order valence-corrected chi connectivity index (χ3v) is 4.44. The van der Waals surface area contributed by atoms with Gasteiger partial charge in [0.1, 0.15) is 0 Å². The smallest absolute Gasteiger partial charge is 0.292 e. The van der Waals surface area contributed by atoms with Crippen LogP contribution in [0.4, 0.5) is 0 Å². The summed E-state index contributed by atoms with van der Waals surface area (Å²) in [5.74, 6) is 0.697. The highest BCUT2D eigenvalue weighted by atomic mass is 16.5. The molecular formula is C17H25N5O3. The topological polar surface area (TPSA) is 97.3 Å². The van der Waals surface area contributed by atoms with E-state index in [0.717, 1.165) is 30.7 Å². The van der Waals surface area contributed by atoms with Crippen molar-refractivity contribution >= 4 is 5.91 Å². The third kappa shape index (κ3) is 4.25. The van der Waals surface area contributed by atoms with Gasteiger partial charge in [-0.3, -0.25) is 4.79 Å². The SMILES string of the molecule is CC(C)Cc1cc(C(=O)N2CCC(n3cc(CCO)nn3)CC2)on1. The van der Waals surface area contributed by atoms with Crippen molar-refractivity contribution in [3.8, 4) is 0 Å². The summed E-state index contributed by atoms with van der Waals surface area (Å²) in [6.07, 6.45) is 4.84. The zero-order valence-electron chi connectivity index (χ0n) is 14.8. The van der Waals surface area contributed by atoms with E-state index in [1.165, 1.54) is 0 Å². The quantitative estimate of drug-likeness (QED) is 0.850. The van der Waals surface area contributed by atoms with Crippen LogP contribution in [-0.4, -0.2) is 55.8 Å². The zero-order valence-corrected chi connectivity index (χ0v) is 14.8. The van der Waals surface area contributed by atoms with Crippen molar-refractivity contribution in [3.05, 3.63) is 29.4 Å². The van der Waals surface area contributed by atoms with Crippen molar-refractivity contribution in [1.29, 1.82) is 0 Å². The molecular weight excluding hydrogens is 322 g/mol. The second kappa shape index (κ2) is 7.77. The van der Waals surface area contributed by atoms with Crippen LogP contribution >= 0.6 is 0 Å². The first kappa shape index (κ1) is 17.6. The maximum atomic E-state index is 12.6. The summed E-state index contributed by atoms with van der Waals surface area (Å²) in [4.78, 5) is 14.4. The van der Waals surface area contributed by atoms with Gasteiger partial charge in [0.05, 0.1) is 17.4 Å². The van der Waals surface area contributed by atoms with Crippen LogP contribution in [0.2, 0.25) is 0 Å². The molecule has 2 aromatic rings. The molecule has 0 atom stereocenters. The highest BCUT2D eigenvalue weighted by Crippen LogP contribution is 2.23. The maximum absolute atomic E-state index is 12.6. The number of carbonyl (C=O) groups excluding carboxylic acids is 1. The van der Waals surface area contributed by atoms with Crippen LogP contribution in [0.1, 0.15) is 54.7 Å². The summed E-state index contributed by atoms with van der Waals surface area (Å²) in [5, 5.41) is 21.1. The van der Waals surface area contributed by atoms with E-state index in [0.29, 0.717) is 31.2 Å². The van der Waals surface area contributed by atoms with Gasteiger partial charge in [0.2, 0.25) is 5.76 Å². The van der Waals surface area contributed by atoms with Crippen molar-refractivity contribution in [2.75, 3.05) is 19.7 Å². The standard InChI is InChI=1S/C17H25N5O3/c1-12(2)9-14-10-16(25-19-14)17(24)21-6-3-15(4-7-21)22-11-13(5-8-23)18-20-22/h10-12,15,23H,3-9H2,1-2H3. The predicted molar refractivity (Wildman–Crippen MR) is 90.0 cm³/mol. The van der Waals surface area contributed by atoms with Gasteiger partial charge in [0, 0.05) is 38.4 Å². The number of amides is 1. The molecule has 0 aliphatic carbocycles. The minimum absolute atomic E-state index is 0.0711. The Labute approximate surface area is 146 Å². The second-order valence-corrected chi connectivity index (χ2v) is 6.97. The Hall–Kier alpha value is -2.22. The molecule has 0 bridgehead atoms. The fraction of sp³-hybridized carbons (Fsp3) is 0.647. The maximum Gasteiger partial charge on any atom is 0.292 e. The molecule has 1 saturated heterocycles. The Morgan fingerprint density at radius 1 is 1.36 bits per heavy atom. The van der Waals surface area contributed by atoms with E-state index < -0.39 is 0 Å². The van der Waals surface area contributed by atoms with E-state index in [-0.39, 0.29) is 18.6 Å². The van der Waals surface area contributed by atoms with Crippen LogP contribution in [0, 0.1) is 5.92 Å². The lowest BCUT2D eigenvalue weighted by Crippen LogP contribution is -2.39. The summed E-state index contributed by atoms with van der Waals surface area (Å²) in [7, 11) is 0. The normalized spacial score (nSPS) is 15.9. The monoisotopic (exact) mass is 347 g/mol. The van der Waals surface area contributed by atoms with E-state index in [1.807, 2.05) is 15.8 Å². The number of hydrogen-bond acceptors (Lipinski definition) is 6. The minimum Gasteiger partial charge on any atom is -0.396 e. The Bertz CT molecular complexity index is 701. The molecule has 3 rings (SSSR count). The summed E-state index contributed by atoms with van der Waals surface area (Å²) in [6.45, 7) is 5.59. The van der Waals surface area contributed by atoms with Crippen molar-refractivity contribution in [2.45, 2.75) is 45.6 Å². The number of nitrogens with zero attached hydrogens (tertiary/aromatic N) is 5. The molecule has 0 radical (unpaired) electrons. The Morgan fingerprint density at radius 3 is 2.80 bits per heavy atom. The lowest BCUT2D eigenvalue weighted by atomic mass is 10.0. The van der Waals surface area contributed by atoms with Gasteiger partial charge in [-0.15, -0.1) is 5.10 Å². The highest BCUT2D eigenvalue weighted by Gasteiger charge is 2.27. The van der Waals surface area contributed by atoms with E-state index >= 15 is 0 Å². The summed E-state index contributed by atoms with van der Waals surface area (Å²) in [5.41, 5.74) is 1.62. The van der Waals surface area contributed by atoms with Crippen LogP contribution < -0.4 is 0 Å². The van der Waals surface area contributed by atoms with Crippen LogP contribution in [0.3, 0.4) is 0 Å². The number of hydrogen-bond donors (Lipinski definition) is 1. The Morgan fingerprint density at radius 2 is 2.12 bits per heavy atom. The number of carbonyl (C=O) groups is 1. The highest BCUT2D eigenvalue weighted by molar-refractivity contribution is 5.91. The summed E-state index contributed by atoms with van der Waals surface area (Å²) >= 11 is 0. The molecule has 25 heavy (non-hydrogen) atoms. The molecule has 3 heterocycles. The fourth-order valence-corrected chi connectivity index (χ4v) is 3.14. The molecule has 1 amide bonds. The molecule has 1 aliphatic heterocycles. The van der Waals surface area contributed by atoms with Crippen molar-refractivity contribution in [1.82, 2.24) is 25.1 Å². The van der Waals surface area contributed by atoms with Gasteiger partial charge in [-0.1, -0.05) is 24.2 Å². The van der Waals surface area contributed by atoms with Crippen molar-refractivity contribution in [3.63, 3.8) is 0 Å². The van der Waals surface area contributed by atoms with Crippen molar-refractivity contribution < 1.29 is 14.4 Å².